The predicted octanol–water partition coefficient (Wildman–Crippen LogP) is 1.08. The van der Waals surface area contributed by atoms with Crippen molar-refractivity contribution < 1.29 is 0 Å². The molecule has 3 heterocycles. The fraction of sp³-hybridized carbons (Fsp3) is 0.455. The first-order valence-electron chi connectivity index (χ1n) is 5.64. The maximum absolute atomic E-state index is 4.24. The van der Waals surface area contributed by atoms with Gasteiger partial charge in [0.1, 0.15) is 0 Å². The minimum Gasteiger partial charge on any atom is -0.329 e. The van der Waals surface area contributed by atoms with E-state index in [1.165, 1.54) is 24.1 Å². The Labute approximate surface area is 93.9 Å². The number of hydrogen-bond acceptors (Lipinski definition) is 3. The molecule has 5 heteroatoms. The summed E-state index contributed by atoms with van der Waals surface area (Å²) in [5, 5.41) is 10.3. The van der Waals surface area contributed by atoms with Crippen molar-refractivity contribution in [2.45, 2.75) is 25.4 Å². The van der Waals surface area contributed by atoms with Crippen LogP contribution in [0.4, 0.5) is 0 Å². The predicted molar refractivity (Wildman–Crippen MR) is 59.9 cm³/mol. The van der Waals surface area contributed by atoms with Crippen LogP contribution in [0.1, 0.15) is 30.1 Å². The summed E-state index contributed by atoms with van der Waals surface area (Å²) in [5.74, 6) is 0. The minimum absolute atomic E-state index is 0.467. The highest BCUT2D eigenvalue weighted by atomic mass is 15.1. The summed E-state index contributed by atoms with van der Waals surface area (Å²) in [7, 11) is 0. The molecule has 2 aromatic rings. The number of imidazole rings is 1. The van der Waals surface area contributed by atoms with Crippen LogP contribution >= 0.6 is 0 Å². The molecule has 5 nitrogen and oxygen atoms in total. The van der Waals surface area contributed by atoms with Crippen LogP contribution < -0.4 is 5.32 Å². The summed E-state index contributed by atoms with van der Waals surface area (Å²) in [4.78, 5) is 4.24. The van der Waals surface area contributed by atoms with Crippen molar-refractivity contribution in [3.63, 3.8) is 0 Å². The smallest absolute Gasteiger partial charge is 0.0951 e. The SMILES string of the molecule is c1n[nH]cc1Cn1cncc1C1CCCN1. The van der Waals surface area contributed by atoms with Crippen LogP contribution in [0, 0.1) is 0 Å². The number of nitrogens with zero attached hydrogens (tertiary/aromatic N) is 3. The van der Waals surface area contributed by atoms with Crippen LogP contribution in [0.3, 0.4) is 0 Å². The molecule has 2 aromatic heterocycles. The molecule has 0 radical (unpaired) electrons. The molecule has 3 rings (SSSR count). The van der Waals surface area contributed by atoms with E-state index in [9.17, 15) is 0 Å². The molecule has 0 bridgehead atoms. The van der Waals surface area contributed by atoms with Crippen molar-refractivity contribution in [2.24, 2.45) is 0 Å². The lowest BCUT2D eigenvalue weighted by atomic mass is 10.1. The van der Waals surface area contributed by atoms with Crippen molar-refractivity contribution in [3.8, 4) is 0 Å². The molecule has 1 aliphatic heterocycles. The summed E-state index contributed by atoms with van der Waals surface area (Å²) in [6.45, 7) is 1.95. The molecule has 1 unspecified atom stereocenters. The normalized spacial score (nSPS) is 20.4. The van der Waals surface area contributed by atoms with Gasteiger partial charge in [-0.3, -0.25) is 5.10 Å². The van der Waals surface area contributed by atoms with Gasteiger partial charge in [0.15, 0.2) is 0 Å². The van der Waals surface area contributed by atoms with Crippen LogP contribution in [0.25, 0.3) is 0 Å². The molecular weight excluding hydrogens is 202 g/mol. The van der Waals surface area contributed by atoms with Gasteiger partial charge in [-0.05, 0) is 19.4 Å². The molecule has 0 saturated carbocycles. The standard InChI is InChI=1S/C11H15N5/c1-2-10(13-3-1)11-6-12-8-16(11)7-9-4-14-15-5-9/h4-6,8,10,13H,1-3,7H2,(H,14,15). The Morgan fingerprint density at radius 1 is 1.44 bits per heavy atom. The van der Waals surface area contributed by atoms with Gasteiger partial charge in [-0.1, -0.05) is 0 Å². The third kappa shape index (κ3) is 1.74. The fourth-order valence-electron chi connectivity index (χ4n) is 2.25. The van der Waals surface area contributed by atoms with Gasteiger partial charge in [-0.15, -0.1) is 0 Å². The monoisotopic (exact) mass is 217 g/mol. The second-order valence-electron chi connectivity index (χ2n) is 4.20. The zero-order chi connectivity index (χ0) is 10.8. The summed E-state index contributed by atoms with van der Waals surface area (Å²) in [5.41, 5.74) is 2.45. The van der Waals surface area contributed by atoms with Gasteiger partial charge >= 0.3 is 0 Å². The minimum atomic E-state index is 0.467. The average Bonchev–Trinajstić information content (AvgIpc) is 2.98. The largest absolute Gasteiger partial charge is 0.329 e. The molecular formula is C11H15N5. The fourth-order valence-corrected chi connectivity index (χ4v) is 2.25. The lowest BCUT2D eigenvalue weighted by Gasteiger charge is -2.13. The first-order valence-corrected chi connectivity index (χ1v) is 5.64. The van der Waals surface area contributed by atoms with Crippen LogP contribution in [0.5, 0.6) is 0 Å². The van der Waals surface area contributed by atoms with E-state index in [4.69, 9.17) is 0 Å². The summed E-state index contributed by atoms with van der Waals surface area (Å²) in [6.07, 6.45) is 10.1. The van der Waals surface area contributed by atoms with E-state index in [0.717, 1.165) is 13.1 Å². The first kappa shape index (κ1) is 9.59. The van der Waals surface area contributed by atoms with Crippen molar-refractivity contribution in [3.05, 3.63) is 36.2 Å². The average molecular weight is 217 g/mol. The maximum atomic E-state index is 4.24. The Balaban J connectivity index is 1.82. The number of aromatic nitrogens is 4. The van der Waals surface area contributed by atoms with Crippen LogP contribution in [-0.4, -0.2) is 26.3 Å². The molecule has 2 N–H and O–H groups in total. The van der Waals surface area contributed by atoms with E-state index >= 15 is 0 Å². The highest BCUT2D eigenvalue weighted by Crippen LogP contribution is 2.22. The van der Waals surface area contributed by atoms with Gasteiger partial charge in [0.25, 0.3) is 0 Å². The number of nitrogens with one attached hydrogen (secondary N) is 2. The molecule has 0 aliphatic carbocycles. The third-order valence-electron chi connectivity index (χ3n) is 3.07. The molecule has 0 aromatic carbocycles. The summed E-state index contributed by atoms with van der Waals surface area (Å²) >= 11 is 0. The van der Waals surface area contributed by atoms with Gasteiger partial charge in [0, 0.05) is 24.0 Å². The van der Waals surface area contributed by atoms with Crippen molar-refractivity contribution in [1.82, 2.24) is 25.1 Å². The highest BCUT2D eigenvalue weighted by Gasteiger charge is 2.19. The van der Waals surface area contributed by atoms with Crippen molar-refractivity contribution >= 4 is 0 Å². The van der Waals surface area contributed by atoms with Crippen molar-refractivity contribution in [2.75, 3.05) is 6.54 Å². The van der Waals surface area contributed by atoms with E-state index in [1.54, 1.807) is 0 Å². The first-order chi connectivity index (χ1) is 7.93. The lowest BCUT2D eigenvalue weighted by Crippen LogP contribution is -2.17. The van der Waals surface area contributed by atoms with Gasteiger partial charge in [0.2, 0.25) is 0 Å². The quantitative estimate of drug-likeness (QED) is 0.808. The number of hydrogen-bond donors (Lipinski definition) is 2. The van der Waals surface area contributed by atoms with Crippen LogP contribution in [0.15, 0.2) is 24.9 Å². The van der Waals surface area contributed by atoms with Gasteiger partial charge < -0.3 is 9.88 Å². The topological polar surface area (TPSA) is 58.5 Å². The molecule has 1 atom stereocenters. The number of rotatable bonds is 3. The molecule has 1 saturated heterocycles. The second kappa shape index (κ2) is 4.09. The Bertz CT molecular complexity index is 439. The summed E-state index contributed by atoms with van der Waals surface area (Å²) in [6, 6.07) is 0.467. The zero-order valence-corrected chi connectivity index (χ0v) is 9.06. The number of aromatic amines is 1. The van der Waals surface area contributed by atoms with E-state index < -0.39 is 0 Å². The Morgan fingerprint density at radius 3 is 3.19 bits per heavy atom. The van der Waals surface area contributed by atoms with Crippen molar-refractivity contribution in [1.29, 1.82) is 0 Å². The molecule has 16 heavy (non-hydrogen) atoms. The number of H-pyrrole nitrogens is 1. The van der Waals surface area contributed by atoms with Crippen LogP contribution in [0.2, 0.25) is 0 Å². The van der Waals surface area contributed by atoms with Crippen LogP contribution in [-0.2, 0) is 6.54 Å². The Hall–Kier alpha value is -1.62. The molecule has 0 spiro atoms. The molecule has 84 valence electrons. The Kier molecular flexibility index (Phi) is 2.46. The van der Waals surface area contributed by atoms with Gasteiger partial charge in [-0.25, -0.2) is 4.98 Å². The molecule has 1 fully saturated rings. The molecule has 1 aliphatic rings. The highest BCUT2D eigenvalue weighted by molar-refractivity contribution is 5.11. The zero-order valence-electron chi connectivity index (χ0n) is 9.06. The lowest BCUT2D eigenvalue weighted by molar-refractivity contribution is 0.584. The van der Waals surface area contributed by atoms with Gasteiger partial charge in [0.05, 0.1) is 24.8 Å². The van der Waals surface area contributed by atoms with E-state index in [0.29, 0.717) is 6.04 Å². The third-order valence-corrected chi connectivity index (χ3v) is 3.07. The maximum Gasteiger partial charge on any atom is 0.0951 e. The van der Waals surface area contributed by atoms with E-state index in [-0.39, 0.29) is 0 Å². The Morgan fingerprint density at radius 2 is 2.44 bits per heavy atom. The molecule has 0 amide bonds. The van der Waals surface area contributed by atoms with Gasteiger partial charge in [-0.2, -0.15) is 5.10 Å². The summed E-state index contributed by atoms with van der Waals surface area (Å²) < 4.78 is 2.19. The van der Waals surface area contributed by atoms with E-state index in [1.807, 2.05) is 24.9 Å². The van der Waals surface area contributed by atoms with E-state index in [2.05, 4.69) is 25.1 Å². The second-order valence-corrected chi connectivity index (χ2v) is 4.20.